The highest BCUT2D eigenvalue weighted by molar-refractivity contribution is 5.51. The molecule has 0 saturated carbocycles. The Bertz CT molecular complexity index is 392. The van der Waals surface area contributed by atoms with Crippen LogP contribution >= 0.6 is 0 Å². The molecule has 1 heteroatoms. The van der Waals surface area contributed by atoms with Crippen LogP contribution < -0.4 is 5.73 Å². The second-order valence-electron chi connectivity index (χ2n) is 7.56. The SMILES string of the molecule is CC(C)C1=C(C(C)C)C(C(C)C)=C(C(C)(C)CN)C1. The lowest BCUT2D eigenvalue weighted by atomic mass is 9.77. The van der Waals surface area contributed by atoms with Crippen molar-refractivity contribution in [3.05, 3.63) is 22.3 Å². The molecule has 2 N–H and O–H groups in total. The Hall–Kier alpha value is -0.560. The number of hydrogen-bond donors (Lipinski definition) is 1. The fourth-order valence-electron chi connectivity index (χ4n) is 3.30. The topological polar surface area (TPSA) is 26.0 Å². The standard InChI is InChI=1S/C18H33N/c1-11(2)14-9-15(18(7,8)10-19)17(13(5)6)16(14)12(3)4/h11-13H,9-10,19H2,1-8H3. The summed E-state index contributed by atoms with van der Waals surface area (Å²) >= 11 is 0. The predicted molar refractivity (Wildman–Crippen MR) is 86.0 cm³/mol. The number of allylic oxidation sites excluding steroid dienone is 3. The van der Waals surface area contributed by atoms with Crippen molar-refractivity contribution in [3.63, 3.8) is 0 Å². The molecule has 0 fully saturated rings. The van der Waals surface area contributed by atoms with Crippen molar-refractivity contribution < 1.29 is 0 Å². The smallest absolute Gasteiger partial charge is 0.00119 e. The van der Waals surface area contributed by atoms with E-state index in [1.54, 1.807) is 22.3 Å². The van der Waals surface area contributed by atoms with Gasteiger partial charge in [0.25, 0.3) is 0 Å². The Labute approximate surface area is 120 Å². The van der Waals surface area contributed by atoms with Crippen LogP contribution in [-0.4, -0.2) is 6.54 Å². The normalized spacial score (nSPS) is 17.7. The van der Waals surface area contributed by atoms with Crippen LogP contribution in [0.25, 0.3) is 0 Å². The van der Waals surface area contributed by atoms with Gasteiger partial charge in [0.2, 0.25) is 0 Å². The summed E-state index contributed by atoms with van der Waals surface area (Å²) in [7, 11) is 0. The average Bonchev–Trinajstić information content (AvgIpc) is 2.69. The molecule has 0 heterocycles. The van der Waals surface area contributed by atoms with E-state index in [1.807, 2.05) is 0 Å². The Morgan fingerprint density at radius 3 is 1.68 bits per heavy atom. The molecule has 1 nitrogen and oxygen atoms in total. The molecular weight excluding hydrogens is 230 g/mol. The molecule has 0 aliphatic heterocycles. The lowest BCUT2D eigenvalue weighted by molar-refractivity contribution is 0.441. The number of nitrogens with two attached hydrogens (primary N) is 1. The van der Waals surface area contributed by atoms with Gasteiger partial charge in [-0.3, -0.25) is 0 Å². The fraction of sp³-hybridized carbons (Fsp3) is 0.778. The van der Waals surface area contributed by atoms with E-state index in [0.29, 0.717) is 17.8 Å². The van der Waals surface area contributed by atoms with Crippen molar-refractivity contribution in [3.8, 4) is 0 Å². The summed E-state index contributed by atoms with van der Waals surface area (Å²) in [6.45, 7) is 19.3. The van der Waals surface area contributed by atoms with E-state index in [0.717, 1.165) is 13.0 Å². The van der Waals surface area contributed by atoms with Gasteiger partial charge in [0.1, 0.15) is 0 Å². The maximum atomic E-state index is 6.04. The molecule has 0 spiro atoms. The quantitative estimate of drug-likeness (QED) is 0.747. The van der Waals surface area contributed by atoms with E-state index in [2.05, 4.69) is 55.4 Å². The number of hydrogen-bond acceptors (Lipinski definition) is 1. The molecule has 0 amide bonds. The van der Waals surface area contributed by atoms with Crippen LogP contribution in [0.2, 0.25) is 0 Å². The first-order valence-electron chi connectivity index (χ1n) is 7.80. The third kappa shape index (κ3) is 3.13. The largest absolute Gasteiger partial charge is 0.330 e. The van der Waals surface area contributed by atoms with Gasteiger partial charge in [0, 0.05) is 6.54 Å². The second-order valence-corrected chi connectivity index (χ2v) is 7.56. The molecular formula is C18H33N. The van der Waals surface area contributed by atoms with Gasteiger partial charge in [0.15, 0.2) is 0 Å². The molecule has 0 aromatic carbocycles. The Balaban J connectivity index is 3.42. The molecule has 1 rings (SSSR count). The lowest BCUT2D eigenvalue weighted by Crippen LogP contribution is -2.27. The first kappa shape index (κ1) is 16.5. The van der Waals surface area contributed by atoms with E-state index in [-0.39, 0.29) is 5.41 Å². The summed E-state index contributed by atoms with van der Waals surface area (Å²) in [5.74, 6) is 1.84. The zero-order valence-corrected chi connectivity index (χ0v) is 14.2. The van der Waals surface area contributed by atoms with Gasteiger partial charge in [-0.05, 0) is 40.7 Å². The van der Waals surface area contributed by atoms with Crippen LogP contribution in [-0.2, 0) is 0 Å². The van der Waals surface area contributed by atoms with Gasteiger partial charge >= 0.3 is 0 Å². The molecule has 0 unspecified atom stereocenters. The summed E-state index contributed by atoms with van der Waals surface area (Å²) in [5, 5.41) is 0. The minimum atomic E-state index is 0.121. The van der Waals surface area contributed by atoms with Gasteiger partial charge in [-0.2, -0.15) is 0 Å². The summed E-state index contributed by atoms with van der Waals surface area (Å²) in [6, 6.07) is 0. The lowest BCUT2D eigenvalue weighted by Gasteiger charge is -2.29. The van der Waals surface area contributed by atoms with Crippen LogP contribution in [0, 0.1) is 23.2 Å². The van der Waals surface area contributed by atoms with Crippen LogP contribution in [0.15, 0.2) is 22.3 Å². The third-order valence-corrected chi connectivity index (χ3v) is 4.51. The van der Waals surface area contributed by atoms with E-state index < -0.39 is 0 Å². The van der Waals surface area contributed by atoms with Gasteiger partial charge in [-0.1, -0.05) is 66.5 Å². The highest BCUT2D eigenvalue weighted by Crippen LogP contribution is 2.48. The molecule has 1 aliphatic carbocycles. The van der Waals surface area contributed by atoms with Gasteiger partial charge in [-0.15, -0.1) is 0 Å². The molecule has 110 valence electrons. The zero-order valence-electron chi connectivity index (χ0n) is 14.2. The number of rotatable bonds is 5. The van der Waals surface area contributed by atoms with Crippen molar-refractivity contribution in [1.29, 1.82) is 0 Å². The third-order valence-electron chi connectivity index (χ3n) is 4.51. The first-order valence-corrected chi connectivity index (χ1v) is 7.80. The van der Waals surface area contributed by atoms with Crippen LogP contribution in [0.4, 0.5) is 0 Å². The molecule has 0 bridgehead atoms. The highest BCUT2D eigenvalue weighted by atomic mass is 14.6. The minimum Gasteiger partial charge on any atom is -0.330 e. The van der Waals surface area contributed by atoms with E-state index >= 15 is 0 Å². The Morgan fingerprint density at radius 2 is 1.37 bits per heavy atom. The van der Waals surface area contributed by atoms with Crippen LogP contribution in [0.1, 0.15) is 61.8 Å². The average molecular weight is 263 g/mol. The van der Waals surface area contributed by atoms with Crippen molar-refractivity contribution >= 4 is 0 Å². The maximum absolute atomic E-state index is 6.04. The summed E-state index contributed by atoms with van der Waals surface area (Å²) in [4.78, 5) is 0. The monoisotopic (exact) mass is 263 g/mol. The fourth-order valence-corrected chi connectivity index (χ4v) is 3.30. The molecule has 0 saturated heterocycles. The molecule has 0 radical (unpaired) electrons. The van der Waals surface area contributed by atoms with E-state index in [1.165, 1.54) is 0 Å². The molecule has 1 aliphatic rings. The van der Waals surface area contributed by atoms with Gasteiger partial charge < -0.3 is 5.73 Å². The van der Waals surface area contributed by atoms with Crippen molar-refractivity contribution in [2.75, 3.05) is 6.54 Å². The van der Waals surface area contributed by atoms with Gasteiger partial charge in [0.05, 0.1) is 0 Å². The molecule has 0 aromatic heterocycles. The molecule has 0 atom stereocenters. The van der Waals surface area contributed by atoms with Crippen LogP contribution in [0.5, 0.6) is 0 Å². The zero-order chi connectivity index (χ0) is 15.0. The van der Waals surface area contributed by atoms with Crippen molar-refractivity contribution in [2.24, 2.45) is 28.9 Å². The first-order chi connectivity index (χ1) is 8.63. The van der Waals surface area contributed by atoms with Crippen LogP contribution in [0.3, 0.4) is 0 Å². The van der Waals surface area contributed by atoms with Gasteiger partial charge in [-0.25, -0.2) is 0 Å². The minimum absolute atomic E-state index is 0.121. The molecule has 0 aromatic rings. The summed E-state index contributed by atoms with van der Waals surface area (Å²) in [5.41, 5.74) is 12.6. The molecule has 19 heavy (non-hydrogen) atoms. The highest BCUT2D eigenvalue weighted by Gasteiger charge is 2.35. The maximum Gasteiger partial charge on any atom is 0.00119 e. The predicted octanol–water partition coefficient (Wildman–Crippen LogP) is 4.94. The Morgan fingerprint density at radius 1 is 0.895 bits per heavy atom. The van der Waals surface area contributed by atoms with E-state index in [9.17, 15) is 0 Å². The van der Waals surface area contributed by atoms with Crippen molar-refractivity contribution in [1.82, 2.24) is 0 Å². The van der Waals surface area contributed by atoms with Crippen molar-refractivity contribution in [2.45, 2.75) is 61.8 Å². The van der Waals surface area contributed by atoms with E-state index in [4.69, 9.17) is 5.73 Å². The summed E-state index contributed by atoms with van der Waals surface area (Å²) < 4.78 is 0. The summed E-state index contributed by atoms with van der Waals surface area (Å²) in [6.07, 6.45) is 1.14. The Kier molecular flexibility index (Phi) is 5.06. The second kappa shape index (κ2) is 5.83.